The van der Waals surface area contributed by atoms with E-state index in [0.29, 0.717) is 17.5 Å². The first-order chi connectivity index (χ1) is 14.4. The van der Waals surface area contributed by atoms with Gasteiger partial charge in [-0.2, -0.15) is 0 Å². The number of ether oxygens (including phenoxy) is 1. The Morgan fingerprint density at radius 1 is 1.26 bits per heavy atom. The van der Waals surface area contributed by atoms with E-state index in [2.05, 4.69) is 0 Å². The van der Waals surface area contributed by atoms with E-state index in [4.69, 9.17) is 22.1 Å². The largest absolute Gasteiger partial charge is 0.438 e. The number of nitrogens with two attached hydrogens (primary N) is 1. The number of cyclic esters (lactones) is 1. The molecule has 1 aliphatic rings. The summed E-state index contributed by atoms with van der Waals surface area (Å²) < 4.78 is 33.8. The summed E-state index contributed by atoms with van der Waals surface area (Å²) in [7, 11) is 0. The molecule has 2 amide bonds. The molecule has 3 rings (SSSR count). The maximum Gasteiger partial charge on any atom is 0.411 e. The number of hydrogen-bond acceptors (Lipinski definition) is 3. The molecule has 5 nitrogen and oxygen atoms in total. The molecule has 2 aromatic carbocycles. The molecular weight excluding hydrogens is 426 g/mol. The summed E-state index contributed by atoms with van der Waals surface area (Å²) in [6.07, 6.45) is -0.206. The molecule has 0 radical (unpaired) electrons. The lowest BCUT2D eigenvalue weighted by Crippen LogP contribution is -2.51. The average molecular weight is 451 g/mol. The molecule has 0 unspecified atom stereocenters. The highest BCUT2D eigenvalue weighted by atomic mass is 35.5. The van der Waals surface area contributed by atoms with E-state index in [1.165, 1.54) is 41.3 Å². The smallest absolute Gasteiger partial charge is 0.411 e. The Balaban J connectivity index is 1.93. The van der Waals surface area contributed by atoms with E-state index >= 15 is 0 Å². The Kier molecular flexibility index (Phi) is 6.28. The van der Waals surface area contributed by atoms with Crippen LogP contribution in [0.15, 0.2) is 42.5 Å². The van der Waals surface area contributed by atoms with Crippen molar-refractivity contribution in [3.63, 3.8) is 0 Å². The molecule has 2 atom stereocenters. The van der Waals surface area contributed by atoms with Gasteiger partial charge in [0.1, 0.15) is 17.2 Å². The lowest BCUT2D eigenvalue weighted by molar-refractivity contribution is -0.133. The summed E-state index contributed by atoms with van der Waals surface area (Å²) in [4.78, 5) is 26.5. The molecular formula is C23H25ClF2N2O3. The second kappa shape index (κ2) is 8.46. The van der Waals surface area contributed by atoms with Crippen LogP contribution in [-0.4, -0.2) is 23.4 Å². The first kappa shape index (κ1) is 23.0. The minimum atomic E-state index is -1.17. The Labute approximate surface area is 185 Å². The third-order valence-electron chi connectivity index (χ3n) is 5.92. The summed E-state index contributed by atoms with van der Waals surface area (Å²) in [6, 6.07) is 9.33. The van der Waals surface area contributed by atoms with Gasteiger partial charge in [-0.05, 0) is 36.8 Å². The molecule has 0 saturated carbocycles. The molecule has 1 aliphatic heterocycles. The summed E-state index contributed by atoms with van der Waals surface area (Å²) >= 11 is 5.83. The second-order valence-corrected chi connectivity index (χ2v) is 9.02. The summed E-state index contributed by atoms with van der Waals surface area (Å²) in [5, 5.41) is 0.263. The maximum atomic E-state index is 14.4. The third kappa shape index (κ3) is 4.66. The molecule has 31 heavy (non-hydrogen) atoms. The number of amides is 2. The minimum Gasteiger partial charge on any atom is -0.438 e. The van der Waals surface area contributed by atoms with Crippen molar-refractivity contribution >= 4 is 23.6 Å². The monoisotopic (exact) mass is 450 g/mol. The zero-order chi connectivity index (χ0) is 23.0. The maximum absolute atomic E-state index is 14.4. The molecule has 0 spiro atoms. The Hall–Kier alpha value is -2.67. The van der Waals surface area contributed by atoms with Crippen LogP contribution in [0, 0.1) is 17.0 Å². The first-order valence-corrected chi connectivity index (χ1v) is 10.3. The van der Waals surface area contributed by atoms with Gasteiger partial charge >= 0.3 is 6.09 Å². The Bertz CT molecular complexity index is 997. The highest BCUT2D eigenvalue weighted by molar-refractivity contribution is 6.30. The normalized spacial score (nSPS) is 20.3. The van der Waals surface area contributed by atoms with Crippen molar-refractivity contribution < 1.29 is 23.1 Å². The zero-order valence-electron chi connectivity index (χ0n) is 17.6. The Morgan fingerprint density at radius 3 is 2.45 bits per heavy atom. The van der Waals surface area contributed by atoms with E-state index < -0.39 is 40.7 Å². The fraction of sp³-hybridized carbons (Fsp3) is 0.391. The fourth-order valence-corrected chi connectivity index (χ4v) is 4.17. The molecule has 1 heterocycles. The molecule has 1 saturated heterocycles. The molecule has 0 aliphatic carbocycles. The van der Waals surface area contributed by atoms with Crippen molar-refractivity contribution in [2.75, 3.05) is 6.54 Å². The van der Waals surface area contributed by atoms with Crippen LogP contribution in [0.5, 0.6) is 0 Å². The number of carbonyl (C=O) groups is 2. The van der Waals surface area contributed by atoms with Crippen LogP contribution in [-0.2, 0) is 15.1 Å². The van der Waals surface area contributed by atoms with Gasteiger partial charge in [-0.15, -0.1) is 0 Å². The highest BCUT2D eigenvalue weighted by Crippen LogP contribution is 2.44. The van der Waals surface area contributed by atoms with E-state index in [0.717, 1.165) is 0 Å². The summed E-state index contributed by atoms with van der Waals surface area (Å²) in [6.45, 7) is 5.29. The van der Waals surface area contributed by atoms with Gasteiger partial charge in [0.2, 0.25) is 5.91 Å². The van der Waals surface area contributed by atoms with Crippen LogP contribution in [0.25, 0.3) is 0 Å². The molecule has 1 fully saturated rings. The van der Waals surface area contributed by atoms with Crippen LogP contribution in [0.3, 0.4) is 0 Å². The van der Waals surface area contributed by atoms with Gasteiger partial charge in [0.05, 0.1) is 6.04 Å². The molecule has 2 aromatic rings. The first-order valence-electron chi connectivity index (χ1n) is 9.96. The number of benzene rings is 2. The van der Waals surface area contributed by atoms with E-state index in [-0.39, 0.29) is 18.0 Å². The van der Waals surface area contributed by atoms with Crippen LogP contribution in [0.2, 0.25) is 5.02 Å². The van der Waals surface area contributed by atoms with Gasteiger partial charge in [-0.3, -0.25) is 4.79 Å². The number of hydrogen-bond donors (Lipinski definition) is 1. The van der Waals surface area contributed by atoms with E-state index in [1.807, 2.05) is 0 Å². The van der Waals surface area contributed by atoms with E-state index in [1.54, 1.807) is 26.8 Å². The minimum absolute atomic E-state index is 0.129. The van der Waals surface area contributed by atoms with Crippen LogP contribution >= 0.6 is 11.6 Å². The molecule has 166 valence electrons. The third-order valence-corrected chi connectivity index (χ3v) is 6.15. The lowest BCUT2D eigenvalue weighted by atomic mass is 9.74. The number of nitrogens with zero attached hydrogens (tertiary/aromatic N) is 1. The van der Waals surface area contributed by atoms with Crippen molar-refractivity contribution in [2.24, 2.45) is 11.1 Å². The number of rotatable bonds is 6. The zero-order valence-corrected chi connectivity index (χ0v) is 18.4. The van der Waals surface area contributed by atoms with Crippen molar-refractivity contribution in [1.29, 1.82) is 0 Å². The fourth-order valence-electron chi connectivity index (χ4n) is 4.01. The molecule has 0 aromatic heterocycles. The summed E-state index contributed by atoms with van der Waals surface area (Å²) in [5.41, 5.74) is 4.30. The highest BCUT2D eigenvalue weighted by Gasteiger charge is 2.48. The predicted octanol–water partition coefficient (Wildman–Crippen LogP) is 5.32. The lowest BCUT2D eigenvalue weighted by Gasteiger charge is -2.46. The van der Waals surface area contributed by atoms with Gasteiger partial charge in [-0.1, -0.05) is 43.6 Å². The SMILES string of the molecule is C[C@@H](c1ccc(Cl)cc1F)N1CC[C@](CC(C)(C)C(N)=O)(c2ccc(F)cc2)OC1=O. The van der Waals surface area contributed by atoms with Crippen LogP contribution in [0.1, 0.15) is 50.8 Å². The van der Waals surface area contributed by atoms with Crippen molar-refractivity contribution in [2.45, 2.75) is 45.3 Å². The second-order valence-electron chi connectivity index (χ2n) is 8.58. The van der Waals surface area contributed by atoms with Crippen LogP contribution in [0.4, 0.5) is 13.6 Å². The van der Waals surface area contributed by atoms with Gasteiger partial charge < -0.3 is 15.4 Å². The van der Waals surface area contributed by atoms with Crippen molar-refractivity contribution in [3.05, 3.63) is 70.2 Å². The molecule has 0 bridgehead atoms. The number of primary amides is 1. The molecule has 8 heteroatoms. The van der Waals surface area contributed by atoms with Gasteiger partial charge in [0.15, 0.2) is 0 Å². The van der Waals surface area contributed by atoms with Crippen LogP contribution < -0.4 is 5.73 Å². The quantitative estimate of drug-likeness (QED) is 0.647. The average Bonchev–Trinajstić information content (AvgIpc) is 2.67. The van der Waals surface area contributed by atoms with Gasteiger partial charge in [0.25, 0.3) is 0 Å². The predicted molar refractivity (Wildman–Crippen MR) is 113 cm³/mol. The molecule has 2 N–H and O–H groups in total. The van der Waals surface area contributed by atoms with Gasteiger partial charge in [-0.25, -0.2) is 13.6 Å². The number of halogens is 3. The van der Waals surface area contributed by atoms with E-state index in [9.17, 15) is 18.4 Å². The standard InChI is InChI=1S/C23H25ClF2N2O3/c1-14(18-9-6-16(24)12-19(18)26)28-11-10-23(31-21(28)30,13-22(2,3)20(27)29)15-4-7-17(25)8-5-15/h4-9,12,14H,10-11,13H2,1-3H3,(H2,27,29)/t14-,23-/m0/s1. The van der Waals surface area contributed by atoms with Gasteiger partial charge in [0, 0.05) is 35.4 Å². The topological polar surface area (TPSA) is 72.6 Å². The van der Waals surface area contributed by atoms with Crippen molar-refractivity contribution in [1.82, 2.24) is 4.90 Å². The summed E-state index contributed by atoms with van der Waals surface area (Å²) in [5.74, 6) is -1.48. The Morgan fingerprint density at radius 2 is 1.90 bits per heavy atom. The van der Waals surface area contributed by atoms with Crippen molar-refractivity contribution in [3.8, 4) is 0 Å². The number of carbonyl (C=O) groups excluding carboxylic acids is 2.